The smallest absolute Gasteiger partial charge is 0.218 e. The maximum atomic E-state index is 12.1. The van der Waals surface area contributed by atoms with E-state index in [9.17, 15) is 8.42 Å². The minimum Gasteiger partial charge on any atom is -0.316 e. The van der Waals surface area contributed by atoms with E-state index in [4.69, 9.17) is 0 Å². The van der Waals surface area contributed by atoms with Crippen molar-refractivity contribution >= 4 is 10.0 Å². The van der Waals surface area contributed by atoms with Gasteiger partial charge in [-0.3, -0.25) is 0 Å². The highest BCUT2D eigenvalue weighted by atomic mass is 32.2. The summed E-state index contributed by atoms with van der Waals surface area (Å²) in [5, 5.41) is 3.07. The van der Waals surface area contributed by atoms with Gasteiger partial charge in [-0.15, -0.1) is 0 Å². The van der Waals surface area contributed by atoms with Crippen LogP contribution in [0.2, 0.25) is 0 Å². The van der Waals surface area contributed by atoms with Gasteiger partial charge in [0.1, 0.15) is 0 Å². The van der Waals surface area contributed by atoms with Crippen molar-refractivity contribution < 1.29 is 8.42 Å². The van der Waals surface area contributed by atoms with E-state index < -0.39 is 10.0 Å². The lowest BCUT2D eigenvalue weighted by Crippen LogP contribution is -2.29. The Morgan fingerprint density at radius 3 is 2.22 bits per heavy atom. The maximum absolute atomic E-state index is 12.1. The third-order valence-corrected chi connectivity index (χ3v) is 5.06. The zero-order chi connectivity index (χ0) is 13.0. The predicted molar refractivity (Wildman–Crippen MR) is 72.6 cm³/mol. The molecular formula is C13H20N2O2S. The van der Waals surface area contributed by atoms with Crippen LogP contribution in [0.25, 0.3) is 0 Å². The molecule has 1 aromatic carbocycles. The molecule has 1 fully saturated rings. The van der Waals surface area contributed by atoms with Gasteiger partial charge in [-0.2, -0.15) is 0 Å². The zero-order valence-electron chi connectivity index (χ0n) is 10.7. The molecule has 0 atom stereocenters. The van der Waals surface area contributed by atoms with Crippen LogP contribution in [0.5, 0.6) is 0 Å². The topological polar surface area (TPSA) is 49.4 Å². The highest BCUT2D eigenvalue weighted by molar-refractivity contribution is 7.88. The van der Waals surface area contributed by atoms with Gasteiger partial charge in [-0.1, -0.05) is 24.3 Å². The number of benzene rings is 1. The summed E-state index contributed by atoms with van der Waals surface area (Å²) < 4.78 is 25.9. The molecule has 1 aliphatic rings. The highest BCUT2D eigenvalue weighted by Gasteiger charge is 2.25. The minimum absolute atomic E-state index is 0.118. The average molecular weight is 268 g/mol. The largest absolute Gasteiger partial charge is 0.316 e. The van der Waals surface area contributed by atoms with Crippen molar-refractivity contribution in [1.82, 2.24) is 9.62 Å². The lowest BCUT2D eigenvalue weighted by Gasteiger charge is -2.15. The van der Waals surface area contributed by atoms with Gasteiger partial charge in [0.05, 0.1) is 5.75 Å². The Kier molecular flexibility index (Phi) is 4.37. The second-order valence-electron chi connectivity index (χ2n) is 4.71. The van der Waals surface area contributed by atoms with Crippen LogP contribution in [0.3, 0.4) is 0 Å². The van der Waals surface area contributed by atoms with E-state index in [-0.39, 0.29) is 5.75 Å². The van der Waals surface area contributed by atoms with E-state index >= 15 is 0 Å². The second-order valence-corrected chi connectivity index (χ2v) is 6.68. The summed E-state index contributed by atoms with van der Waals surface area (Å²) in [6.07, 6.45) is 1.97. The SMILES string of the molecule is CNCc1ccc(CS(=O)(=O)N2CCCC2)cc1. The molecule has 0 amide bonds. The lowest BCUT2D eigenvalue weighted by molar-refractivity contribution is 0.476. The number of nitrogens with zero attached hydrogens (tertiary/aromatic N) is 1. The number of hydrogen-bond acceptors (Lipinski definition) is 3. The van der Waals surface area contributed by atoms with Crippen LogP contribution in [0, 0.1) is 0 Å². The van der Waals surface area contributed by atoms with E-state index in [1.165, 1.54) is 5.56 Å². The summed E-state index contributed by atoms with van der Waals surface area (Å²) in [6, 6.07) is 7.76. The molecular weight excluding hydrogens is 248 g/mol. The molecule has 100 valence electrons. The first kappa shape index (κ1) is 13.5. The molecule has 0 bridgehead atoms. The Labute approximate surface area is 109 Å². The number of hydrogen-bond donors (Lipinski definition) is 1. The molecule has 0 spiro atoms. The van der Waals surface area contributed by atoms with Gasteiger partial charge >= 0.3 is 0 Å². The van der Waals surface area contributed by atoms with Crippen LogP contribution in [-0.2, 0) is 22.3 Å². The Morgan fingerprint density at radius 1 is 1.11 bits per heavy atom. The second kappa shape index (κ2) is 5.82. The molecule has 5 heteroatoms. The van der Waals surface area contributed by atoms with E-state index in [0.29, 0.717) is 13.1 Å². The van der Waals surface area contributed by atoms with Crippen LogP contribution >= 0.6 is 0 Å². The zero-order valence-corrected chi connectivity index (χ0v) is 11.5. The van der Waals surface area contributed by atoms with Crippen LogP contribution in [0.4, 0.5) is 0 Å². The predicted octanol–water partition coefficient (Wildman–Crippen LogP) is 1.33. The molecule has 1 aliphatic heterocycles. The minimum atomic E-state index is -3.12. The molecule has 0 radical (unpaired) electrons. The molecule has 1 N–H and O–H groups in total. The van der Waals surface area contributed by atoms with E-state index in [1.807, 2.05) is 31.3 Å². The third-order valence-electron chi connectivity index (χ3n) is 3.21. The normalized spacial score (nSPS) is 17.2. The number of nitrogens with one attached hydrogen (secondary N) is 1. The lowest BCUT2D eigenvalue weighted by atomic mass is 10.1. The Morgan fingerprint density at radius 2 is 1.67 bits per heavy atom. The molecule has 0 saturated carbocycles. The quantitative estimate of drug-likeness (QED) is 0.876. The Balaban J connectivity index is 2.04. The molecule has 0 aliphatic carbocycles. The summed E-state index contributed by atoms with van der Waals surface area (Å²) in [7, 11) is -1.23. The van der Waals surface area contributed by atoms with Crippen molar-refractivity contribution in [3.8, 4) is 0 Å². The van der Waals surface area contributed by atoms with E-state index in [1.54, 1.807) is 4.31 Å². The van der Waals surface area contributed by atoms with Gasteiger partial charge in [0.25, 0.3) is 0 Å². The van der Waals surface area contributed by atoms with Crippen molar-refractivity contribution in [3.05, 3.63) is 35.4 Å². The molecule has 1 heterocycles. The van der Waals surface area contributed by atoms with Gasteiger partial charge in [-0.25, -0.2) is 12.7 Å². The van der Waals surface area contributed by atoms with Crippen LogP contribution in [0.15, 0.2) is 24.3 Å². The molecule has 1 aromatic rings. The third kappa shape index (κ3) is 3.31. The van der Waals surface area contributed by atoms with Crippen molar-refractivity contribution in [3.63, 3.8) is 0 Å². The number of rotatable bonds is 5. The molecule has 0 aromatic heterocycles. The molecule has 4 nitrogen and oxygen atoms in total. The summed E-state index contributed by atoms with van der Waals surface area (Å²) in [6.45, 7) is 2.17. The summed E-state index contributed by atoms with van der Waals surface area (Å²) in [4.78, 5) is 0. The van der Waals surface area contributed by atoms with Crippen molar-refractivity contribution in [1.29, 1.82) is 0 Å². The first-order chi connectivity index (χ1) is 8.62. The first-order valence-corrected chi connectivity index (χ1v) is 7.93. The monoisotopic (exact) mass is 268 g/mol. The van der Waals surface area contributed by atoms with Crippen LogP contribution in [-0.4, -0.2) is 32.9 Å². The van der Waals surface area contributed by atoms with Crippen molar-refractivity contribution in [2.24, 2.45) is 0 Å². The van der Waals surface area contributed by atoms with Gasteiger partial charge in [0.2, 0.25) is 10.0 Å². The fourth-order valence-corrected chi connectivity index (χ4v) is 3.84. The van der Waals surface area contributed by atoms with Gasteiger partial charge in [0, 0.05) is 19.6 Å². The van der Waals surface area contributed by atoms with E-state index in [2.05, 4.69) is 5.32 Å². The average Bonchev–Trinajstić information content (AvgIpc) is 2.86. The fraction of sp³-hybridized carbons (Fsp3) is 0.538. The molecule has 2 rings (SSSR count). The summed E-state index contributed by atoms with van der Waals surface area (Å²) in [5.74, 6) is 0.118. The van der Waals surface area contributed by atoms with Crippen molar-refractivity contribution in [2.45, 2.75) is 25.1 Å². The highest BCUT2D eigenvalue weighted by Crippen LogP contribution is 2.17. The van der Waals surface area contributed by atoms with Crippen molar-refractivity contribution in [2.75, 3.05) is 20.1 Å². The molecule has 18 heavy (non-hydrogen) atoms. The van der Waals surface area contributed by atoms with Crippen LogP contribution in [0.1, 0.15) is 24.0 Å². The first-order valence-electron chi connectivity index (χ1n) is 6.32. The maximum Gasteiger partial charge on any atom is 0.218 e. The standard InChI is InChI=1S/C13H20N2O2S/c1-14-10-12-4-6-13(7-5-12)11-18(16,17)15-8-2-3-9-15/h4-7,14H,2-3,8-11H2,1H3. The molecule has 0 unspecified atom stereocenters. The van der Waals surface area contributed by atoms with Gasteiger partial charge in [0.15, 0.2) is 0 Å². The fourth-order valence-electron chi connectivity index (χ4n) is 2.23. The van der Waals surface area contributed by atoms with E-state index in [0.717, 1.165) is 24.9 Å². The Bertz CT molecular complexity index is 476. The van der Waals surface area contributed by atoms with Gasteiger partial charge < -0.3 is 5.32 Å². The van der Waals surface area contributed by atoms with Gasteiger partial charge in [-0.05, 0) is 31.0 Å². The number of sulfonamides is 1. The van der Waals surface area contributed by atoms with Crippen LogP contribution < -0.4 is 5.32 Å². The summed E-state index contributed by atoms with van der Waals surface area (Å²) in [5.41, 5.74) is 2.03. The molecule has 1 saturated heterocycles. The Hall–Kier alpha value is -0.910. The summed E-state index contributed by atoms with van der Waals surface area (Å²) >= 11 is 0.